The molecule has 0 heterocycles. The van der Waals surface area contributed by atoms with E-state index in [4.69, 9.17) is 9.47 Å². The number of benzene rings is 3. The monoisotopic (exact) mass is 460 g/mol. The van der Waals surface area contributed by atoms with Crippen molar-refractivity contribution >= 4 is 23.2 Å². The van der Waals surface area contributed by atoms with E-state index in [1.165, 1.54) is 5.56 Å². The molecule has 6 heteroatoms. The molecule has 0 atom stereocenters. The number of nitrogens with one attached hydrogen (secondary N) is 2. The first-order valence-corrected chi connectivity index (χ1v) is 11.5. The van der Waals surface area contributed by atoms with Gasteiger partial charge in [0, 0.05) is 5.69 Å². The molecule has 2 N–H and O–H groups in total. The summed E-state index contributed by atoms with van der Waals surface area (Å²) in [5, 5.41) is 5.62. The van der Waals surface area contributed by atoms with Gasteiger partial charge in [0.05, 0.1) is 17.9 Å². The summed E-state index contributed by atoms with van der Waals surface area (Å²) in [5.41, 5.74) is 2.72. The van der Waals surface area contributed by atoms with Crippen molar-refractivity contribution in [1.82, 2.24) is 0 Å². The summed E-state index contributed by atoms with van der Waals surface area (Å²) in [4.78, 5) is 25.3. The second kappa shape index (κ2) is 11.4. The molecule has 0 saturated carbocycles. The van der Waals surface area contributed by atoms with Crippen molar-refractivity contribution < 1.29 is 19.1 Å². The van der Waals surface area contributed by atoms with Crippen LogP contribution in [0.4, 0.5) is 11.4 Å². The first-order chi connectivity index (χ1) is 16.3. The minimum atomic E-state index is -0.348. The molecule has 0 spiro atoms. The third-order valence-corrected chi connectivity index (χ3v) is 5.76. The van der Waals surface area contributed by atoms with Gasteiger partial charge in [-0.1, -0.05) is 45.0 Å². The standard InChI is InChI=1S/C28H32N2O4/c1-5-28(3,4)20-11-15-23(16-12-20)34-19-26(31)30-25-10-8-7-9-24(25)27(32)29-21-13-17-22(18-14-21)33-6-2/h7-18H,5-6,19H2,1-4H3,(H,29,32)(H,30,31). The van der Waals surface area contributed by atoms with Gasteiger partial charge in [-0.2, -0.15) is 0 Å². The lowest BCUT2D eigenvalue weighted by Gasteiger charge is -2.23. The summed E-state index contributed by atoms with van der Waals surface area (Å²) in [5.74, 6) is 0.679. The van der Waals surface area contributed by atoms with Gasteiger partial charge in [0.1, 0.15) is 11.5 Å². The van der Waals surface area contributed by atoms with E-state index < -0.39 is 0 Å². The van der Waals surface area contributed by atoms with Gasteiger partial charge in [-0.15, -0.1) is 0 Å². The Bertz CT molecular complexity index is 1110. The molecular formula is C28H32N2O4. The minimum absolute atomic E-state index is 0.0888. The van der Waals surface area contributed by atoms with Crippen molar-refractivity contribution in [1.29, 1.82) is 0 Å². The second-order valence-electron chi connectivity index (χ2n) is 8.56. The molecule has 3 aromatic rings. The Balaban J connectivity index is 1.59. The Morgan fingerprint density at radius 1 is 0.794 bits per heavy atom. The van der Waals surface area contributed by atoms with Crippen LogP contribution in [0.1, 0.15) is 50.0 Å². The van der Waals surface area contributed by atoms with Gasteiger partial charge in [0.25, 0.3) is 11.8 Å². The first-order valence-electron chi connectivity index (χ1n) is 11.5. The van der Waals surface area contributed by atoms with Gasteiger partial charge in [0.15, 0.2) is 6.61 Å². The van der Waals surface area contributed by atoms with Gasteiger partial charge in [-0.05, 0) is 72.9 Å². The number of carbonyl (C=O) groups is 2. The number of carbonyl (C=O) groups excluding carboxylic acids is 2. The van der Waals surface area contributed by atoms with Crippen molar-refractivity contribution in [3.63, 3.8) is 0 Å². The van der Waals surface area contributed by atoms with Crippen LogP contribution in [0.2, 0.25) is 0 Å². The molecule has 0 aliphatic rings. The summed E-state index contributed by atoms with van der Waals surface area (Å²) in [6.07, 6.45) is 1.03. The lowest BCUT2D eigenvalue weighted by atomic mass is 9.82. The van der Waals surface area contributed by atoms with Crippen molar-refractivity contribution in [2.45, 2.75) is 39.5 Å². The quantitative estimate of drug-likeness (QED) is 0.387. The molecule has 2 amide bonds. The van der Waals surface area contributed by atoms with E-state index >= 15 is 0 Å². The first kappa shape index (κ1) is 24.8. The third-order valence-electron chi connectivity index (χ3n) is 5.76. The van der Waals surface area contributed by atoms with Crippen LogP contribution in [-0.4, -0.2) is 25.0 Å². The summed E-state index contributed by atoms with van der Waals surface area (Å²) in [7, 11) is 0. The molecule has 34 heavy (non-hydrogen) atoms. The molecule has 0 unspecified atom stereocenters. The second-order valence-corrected chi connectivity index (χ2v) is 8.56. The van der Waals surface area contributed by atoms with E-state index in [1.54, 1.807) is 48.5 Å². The lowest BCUT2D eigenvalue weighted by Crippen LogP contribution is -2.23. The highest BCUT2D eigenvalue weighted by Crippen LogP contribution is 2.28. The minimum Gasteiger partial charge on any atom is -0.494 e. The van der Waals surface area contributed by atoms with Crippen LogP contribution in [0.25, 0.3) is 0 Å². The Labute approximate surface area is 201 Å². The smallest absolute Gasteiger partial charge is 0.262 e. The van der Waals surface area contributed by atoms with Crippen molar-refractivity contribution in [2.75, 3.05) is 23.8 Å². The Hall–Kier alpha value is -3.80. The van der Waals surface area contributed by atoms with Crippen LogP contribution < -0.4 is 20.1 Å². The van der Waals surface area contributed by atoms with Crippen LogP contribution in [0.5, 0.6) is 11.5 Å². The zero-order chi connectivity index (χ0) is 24.6. The molecule has 0 aliphatic carbocycles. The summed E-state index contributed by atoms with van der Waals surface area (Å²) in [6.45, 7) is 8.87. The molecule has 0 fully saturated rings. The Kier molecular flexibility index (Phi) is 8.30. The van der Waals surface area contributed by atoms with Crippen LogP contribution in [-0.2, 0) is 10.2 Å². The highest BCUT2D eigenvalue weighted by molar-refractivity contribution is 6.10. The van der Waals surface area contributed by atoms with Crippen LogP contribution in [0, 0.1) is 0 Å². The lowest BCUT2D eigenvalue weighted by molar-refractivity contribution is -0.118. The van der Waals surface area contributed by atoms with Gasteiger partial charge >= 0.3 is 0 Å². The number of amides is 2. The van der Waals surface area contributed by atoms with E-state index in [1.807, 2.05) is 31.2 Å². The van der Waals surface area contributed by atoms with Gasteiger partial charge < -0.3 is 20.1 Å². The van der Waals surface area contributed by atoms with E-state index in [0.717, 1.165) is 12.2 Å². The van der Waals surface area contributed by atoms with E-state index in [2.05, 4.69) is 31.4 Å². The molecular weight excluding hydrogens is 428 g/mol. The maximum absolute atomic E-state index is 12.8. The third kappa shape index (κ3) is 6.61. The van der Waals surface area contributed by atoms with E-state index in [9.17, 15) is 9.59 Å². The molecule has 0 aromatic heterocycles. The van der Waals surface area contributed by atoms with Crippen LogP contribution in [0.15, 0.2) is 72.8 Å². The number of rotatable bonds is 10. The molecule has 0 saturated heterocycles. The van der Waals surface area contributed by atoms with Crippen molar-refractivity contribution in [3.8, 4) is 11.5 Å². The highest BCUT2D eigenvalue weighted by Gasteiger charge is 2.18. The van der Waals surface area contributed by atoms with Gasteiger partial charge in [-0.25, -0.2) is 0 Å². The van der Waals surface area contributed by atoms with Gasteiger partial charge in [0.2, 0.25) is 0 Å². The largest absolute Gasteiger partial charge is 0.494 e. The number of hydrogen-bond donors (Lipinski definition) is 2. The fraction of sp³-hybridized carbons (Fsp3) is 0.286. The zero-order valence-corrected chi connectivity index (χ0v) is 20.2. The topological polar surface area (TPSA) is 76.7 Å². The van der Waals surface area contributed by atoms with E-state index in [-0.39, 0.29) is 23.8 Å². The zero-order valence-electron chi connectivity index (χ0n) is 20.2. The number of anilines is 2. The molecule has 6 nitrogen and oxygen atoms in total. The van der Waals surface area contributed by atoms with E-state index in [0.29, 0.717) is 29.3 Å². The van der Waals surface area contributed by atoms with Gasteiger partial charge in [-0.3, -0.25) is 9.59 Å². The van der Waals surface area contributed by atoms with Crippen LogP contribution >= 0.6 is 0 Å². The molecule has 3 rings (SSSR count). The predicted octanol–water partition coefficient (Wildman–Crippen LogP) is 6.04. The maximum atomic E-state index is 12.8. The fourth-order valence-corrected chi connectivity index (χ4v) is 3.33. The average molecular weight is 461 g/mol. The normalized spacial score (nSPS) is 10.9. The molecule has 0 bridgehead atoms. The fourth-order valence-electron chi connectivity index (χ4n) is 3.33. The molecule has 178 valence electrons. The molecule has 0 aliphatic heterocycles. The Morgan fingerprint density at radius 3 is 2.06 bits per heavy atom. The SMILES string of the molecule is CCOc1ccc(NC(=O)c2ccccc2NC(=O)COc2ccc(C(C)(C)CC)cc2)cc1. The van der Waals surface area contributed by atoms with Crippen molar-refractivity contribution in [2.24, 2.45) is 0 Å². The number of para-hydroxylation sites is 1. The number of ether oxygens (including phenoxy) is 2. The summed E-state index contributed by atoms with van der Waals surface area (Å²) < 4.78 is 11.1. The Morgan fingerprint density at radius 2 is 1.41 bits per heavy atom. The van der Waals surface area contributed by atoms with Crippen LogP contribution in [0.3, 0.4) is 0 Å². The summed E-state index contributed by atoms with van der Waals surface area (Å²) >= 11 is 0. The molecule has 3 aromatic carbocycles. The predicted molar refractivity (Wildman–Crippen MR) is 136 cm³/mol. The van der Waals surface area contributed by atoms with Crippen molar-refractivity contribution in [3.05, 3.63) is 83.9 Å². The number of hydrogen-bond acceptors (Lipinski definition) is 4. The molecule has 0 radical (unpaired) electrons. The summed E-state index contributed by atoms with van der Waals surface area (Å²) in [6, 6.07) is 21.8. The highest BCUT2D eigenvalue weighted by atomic mass is 16.5. The average Bonchev–Trinajstić information content (AvgIpc) is 2.84. The maximum Gasteiger partial charge on any atom is 0.262 e.